The molecule has 7 heteroatoms. The average Bonchev–Trinajstić information content (AvgIpc) is 3.34. The highest BCUT2D eigenvalue weighted by atomic mass is 31.1. The number of benzene rings is 2. The molecule has 0 spiro atoms. The zero-order valence-electron chi connectivity index (χ0n) is 22.6. The van der Waals surface area contributed by atoms with Crippen LogP contribution in [0.1, 0.15) is 63.6 Å². The number of halogens is 1. The third kappa shape index (κ3) is 6.06. The van der Waals surface area contributed by atoms with Crippen LogP contribution >= 0.6 is 7.55 Å². The van der Waals surface area contributed by atoms with E-state index in [0.29, 0.717) is 42.7 Å². The van der Waals surface area contributed by atoms with Crippen LogP contribution in [0.15, 0.2) is 36.4 Å². The molecule has 0 N–H and O–H groups in total. The molecule has 2 aliphatic heterocycles. The summed E-state index contributed by atoms with van der Waals surface area (Å²) in [6.45, 7) is 10.2. The Bertz CT molecular complexity index is 1210. The maximum atomic E-state index is 14.2. The lowest BCUT2D eigenvalue weighted by molar-refractivity contribution is -0.150. The minimum Gasteiger partial charge on any atom is -0.489 e. The number of fused-ring (bicyclic) bond motifs is 1. The van der Waals surface area contributed by atoms with Gasteiger partial charge in [-0.05, 0) is 62.9 Å². The second-order valence-corrected chi connectivity index (χ2v) is 13.5. The molecule has 3 atom stereocenters. The van der Waals surface area contributed by atoms with Crippen molar-refractivity contribution in [2.75, 3.05) is 12.8 Å². The highest BCUT2D eigenvalue weighted by Gasteiger charge is 2.44. The lowest BCUT2D eigenvalue weighted by atomic mass is 9.79. The Labute approximate surface area is 220 Å². The van der Waals surface area contributed by atoms with Gasteiger partial charge in [0.05, 0.1) is 32.0 Å². The largest absolute Gasteiger partial charge is 0.489 e. The van der Waals surface area contributed by atoms with Crippen molar-refractivity contribution in [2.24, 2.45) is 5.41 Å². The van der Waals surface area contributed by atoms with Gasteiger partial charge in [-0.2, -0.15) is 0 Å². The van der Waals surface area contributed by atoms with Crippen molar-refractivity contribution in [1.82, 2.24) is 4.90 Å². The van der Waals surface area contributed by atoms with E-state index in [1.54, 1.807) is 0 Å². The zero-order valence-corrected chi connectivity index (χ0v) is 23.5. The number of hydrogen-bond donors (Lipinski definition) is 0. The molecule has 2 aromatic rings. The van der Waals surface area contributed by atoms with Crippen molar-refractivity contribution >= 4 is 25.7 Å². The maximum absolute atomic E-state index is 14.2. The molecule has 3 unspecified atom stereocenters. The quantitative estimate of drug-likeness (QED) is 0.369. The monoisotopic (exact) mass is 526 g/mol. The molecule has 37 heavy (non-hydrogen) atoms. The van der Waals surface area contributed by atoms with E-state index < -0.39 is 13.0 Å². The molecule has 2 heterocycles. The van der Waals surface area contributed by atoms with Gasteiger partial charge in [0.25, 0.3) is 0 Å². The molecule has 0 radical (unpaired) electrons. The van der Waals surface area contributed by atoms with Crippen molar-refractivity contribution in [2.45, 2.75) is 78.0 Å². The highest BCUT2D eigenvalue weighted by Crippen LogP contribution is 2.39. The summed E-state index contributed by atoms with van der Waals surface area (Å²) < 4.78 is 26.2. The van der Waals surface area contributed by atoms with E-state index in [4.69, 9.17) is 9.47 Å². The van der Waals surface area contributed by atoms with Gasteiger partial charge in [0.15, 0.2) is 0 Å². The standard InChI is InChI=1S/C30H38FNO4P/c1-7-30(4,28(34)32-24(19-37(5)6)10-13-26(32)33)16-20-8-11-25(12-9-20)35-18-22-15-23(31)14-21-17-29(2,3)36-27(21)22/h8-9,11-12,14-15,24H,5,7,10,13,16-19H2,1-4,6H3/q+1. The van der Waals surface area contributed by atoms with Gasteiger partial charge in [0.1, 0.15) is 35.7 Å². The van der Waals surface area contributed by atoms with E-state index >= 15 is 0 Å². The maximum Gasteiger partial charge on any atom is 0.235 e. The van der Waals surface area contributed by atoms with Gasteiger partial charge in [-0.1, -0.05) is 26.0 Å². The van der Waals surface area contributed by atoms with Crippen molar-refractivity contribution in [3.8, 4) is 11.5 Å². The van der Waals surface area contributed by atoms with Crippen LogP contribution in [0.2, 0.25) is 0 Å². The number of hydrogen-bond acceptors (Lipinski definition) is 4. The van der Waals surface area contributed by atoms with Crippen LogP contribution in [0.3, 0.4) is 0 Å². The average molecular weight is 527 g/mol. The fourth-order valence-corrected chi connectivity index (χ4v) is 6.43. The SMILES string of the molecule is C=[P+](C)CC1CCC(=O)N1C(=O)C(C)(CC)Cc1ccc(OCc2cc(F)cc3c2OC(C)(C)C3)cc1. The van der Waals surface area contributed by atoms with E-state index in [0.717, 1.165) is 23.7 Å². The Morgan fingerprint density at radius 1 is 1.30 bits per heavy atom. The van der Waals surface area contributed by atoms with Crippen molar-refractivity contribution < 1.29 is 23.5 Å². The number of carbonyl (C=O) groups is 2. The van der Waals surface area contributed by atoms with Gasteiger partial charge >= 0.3 is 0 Å². The Hall–Kier alpha value is -2.72. The summed E-state index contributed by atoms with van der Waals surface area (Å²) in [6.07, 6.45) is 7.91. The molecule has 4 rings (SSSR count). The first-order chi connectivity index (χ1) is 17.4. The summed E-state index contributed by atoms with van der Waals surface area (Å²) in [7, 11) is -0.442. The molecule has 2 aliphatic rings. The first kappa shape index (κ1) is 27.3. The van der Waals surface area contributed by atoms with Gasteiger partial charge < -0.3 is 9.47 Å². The minimum absolute atomic E-state index is 0.0333. The summed E-state index contributed by atoms with van der Waals surface area (Å²) in [6, 6.07) is 10.6. The molecule has 2 amide bonds. The Kier molecular flexibility index (Phi) is 7.80. The van der Waals surface area contributed by atoms with Crippen molar-refractivity contribution in [1.29, 1.82) is 0 Å². The van der Waals surface area contributed by atoms with Crippen LogP contribution in [-0.4, -0.2) is 47.5 Å². The molecule has 5 nitrogen and oxygen atoms in total. The van der Waals surface area contributed by atoms with Gasteiger partial charge in [-0.15, -0.1) is 0 Å². The number of ether oxygens (including phenoxy) is 2. The molecule has 1 saturated heterocycles. The molecular formula is C30H38FNO4P+. The molecule has 2 aromatic carbocycles. The number of carbonyl (C=O) groups excluding carboxylic acids is 2. The summed E-state index contributed by atoms with van der Waals surface area (Å²) in [5.41, 5.74) is 1.52. The summed E-state index contributed by atoms with van der Waals surface area (Å²) >= 11 is 0. The second kappa shape index (κ2) is 10.6. The first-order valence-corrected chi connectivity index (χ1v) is 15.2. The van der Waals surface area contributed by atoms with Gasteiger partial charge in [0, 0.05) is 24.0 Å². The Morgan fingerprint density at radius 2 is 2.00 bits per heavy atom. The molecule has 0 aromatic heterocycles. The lowest BCUT2D eigenvalue weighted by Gasteiger charge is -2.33. The van der Waals surface area contributed by atoms with Crippen molar-refractivity contribution in [3.63, 3.8) is 0 Å². The predicted molar refractivity (Wildman–Crippen MR) is 147 cm³/mol. The van der Waals surface area contributed by atoms with E-state index in [1.807, 2.05) is 52.0 Å². The Morgan fingerprint density at radius 3 is 2.65 bits per heavy atom. The number of amides is 2. The molecule has 1 fully saturated rings. The third-order valence-corrected chi connectivity index (χ3v) is 8.52. The summed E-state index contributed by atoms with van der Waals surface area (Å²) in [5, 5.41) is 0. The number of likely N-dealkylation sites (tertiary alicyclic amines) is 1. The second-order valence-electron chi connectivity index (χ2n) is 11.4. The van der Waals surface area contributed by atoms with Crippen LogP contribution in [0.5, 0.6) is 11.5 Å². The number of imide groups is 1. The first-order valence-electron chi connectivity index (χ1n) is 13.0. The van der Waals surface area contributed by atoms with Crippen LogP contribution in [-0.2, 0) is 29.0 Å². The normalized spacial score (nSPS) is 20.3. The molecule has 0 aliphatic carbocycles. The van der Waals surface area contributed by atoms with E-state index in [-0.39, 0.29) is 35.9 Å². The summed E-state index contributed by atoms with van der Waals surface area (Å²) in [4.78, 5) is 27.8. The van der Waals surface area contributed by atoms with E-state index in [2.05, 4.69) is 13.0 Å². The number of nitrogens with zero attached hydrogens (tertiary/aromatic N) is 1. The molecular weight excluding hydrogens is 488 g/mol. The van der Waals surface area contributed by atoms with Crippen LogP contribution in [0.25, 0.3) is 0 Å². The highest BCUT2D eigenvalue weighted by molar-refractivity contribution is 7.55. The van der Waals surface area contributed by atoms with Crippen molar-refractivity contribution in [3.05, 3.63) is 58.9 Å². The smallest absolute Gasteiger partial charge is 0.235 e. The minimum atomic E-state index is -0.676. The van der Waals surface area contributed by atoms with Gasteiger partial charge in [-0.25, -0.2) is 4.39 Å². The summed E-state index contributed by atoms with van der Waals surface area (Å²) in [5.74, 6) is 0.936. The van der Waals surface area contributed by atoms with Crippen LogP contribution < -0.4 is 9.47 Å². The van der Waals surface area contributed by atoms with Gasteiger partial charge in [0.2, 0.25) is 11.8 Å². The molecule has 198 valence electrons. The van der Waals surface area contributed by atoms with E-state index in [9.17, 15) is 14.0 Å². The fraction of sp³-hybridized carbons (Fsp3) is 0.500. The lowest BCUT2D eigenvalue weighted by Crippen LogP contribution is -2.48. The van der Waals surface area contributed by atoms with Gasteiger partial charge in [-0.3, -0.25) is 14.5 Å². The van der Waals surface area contributed by atoms with Crippen LogP contribution in [0.4, 0.5) is 4.39 Å². The number of rotatable bonds is 9. The molecule has 0 saturated carbocycles. The molecule has 0 bridgehead atoms. The van der Waals surface area contributed by atoms with Crippen LogP contribution in [0, 0.1) is 11.2 Å². The fourth-order valence-electron chi connectivity index (χ4n) is 5.37. The zero-order chi connectivity index (χ0) is 27.0. The predicted octanol–water partition coefficient (Wildman–Crippen LogP) is 6.14. The topological polar surface area (TPSA) is 55.8 Å². The Balaban J connectivity index is 1.43. The third-order valence-electron chi connectivity index (χ3n) is 7.48. The van der Waals surface area contributed by atoms with E-state index in [1.165, 1.54) is 17.0 Å².